The van der Waals surface area contributed by atoms with Crippen LogP contribution in [0.2, 0.25) is 0 Å². The van der Waals surface area contributed by atoms with Gasteiger partial charge in [0.05, 0.1) is 0 Å². The first kappa shape index (κ1) is 22.4. The summed E-state index contributed by atoms with van der Waals surface area (Å²) >= 11 is -1.21. The van der Waals surface area contributed by atoms with E-state index in [0.717, 1.165) is 48.2 Å². The van der Waals surface area contributed by atoms with Gasteiger partial charge in [-0.15, -0.1) is 0 Å². The molecule has 1 aromatic heterocycles. The number of benzene rings is 7. The number of rotatable bonds is 3. The quantitative estimate of drug-likeness (QED) is 0.218. The molecule has 0 N–H and O–H groups in total. The maximum Gasteiger partial charge on any atom is 0.159 e. The lowest BCUT2D eigenvalue weighted by Crippen LogP contribution is -2.01. The van der Waals surface area contributed by atoms with Crippen molar-refractivity contribution < 1.29 is 8.97 Å². The molecule has 2 nitrogen and oxygen atoms in total. The average molecular weight is 519 g/mol. The first-order valence-electron chi connectivity index (χ1n) is 13.0. The fourth-order valence-electron chi connectivity index (χ4n) is 5.83. The predicted molar refractivity (Wildman–Crippen MR) is 163 cm³/mol. The van der Waals surface area contributed by atoms with Gasteiger partial charge in [0.1, 0.15) is 11.2 Å². The highest BCUT2D eigenvalue weighted by Gasteiger charge is 2.18. The number of hydrogen-bond acceptors (Lipinski definition) is 2. The zero-order valence-corrected chi connectivity index (χ0v) is 21.7. The van der Waals surface area contributed by atoms with Gasteiger partial charge >= 0.3 is 0 Å². The van der Waals surface area contributed by atoms with Crippen LogP contribution in [0.1, 0.15) is 0 Å². The summed E-state index contributed by atoms with van der Waals surface area (Å²) in [7, 11) is 0. The van der Waals surface area contributed by atoms with Gasteiger partial charge in [0.25, 0.3) is 0 Å². The van der Waals surface area contributed by atoms with E-state index in [1.807, 2.05) is 42.5 Å². The smallest absolute Gasteiger partial charge is 0.159 e. The summed E-state index contributed by atoms with van der Waals surface area (Å²) in [5.41, 5.74) is 4.07. The Balaban J connectivity index is 1.32. The topological polar surface area (TPSA) is 36.2 Å². The van der Waals surface area contributed by atoms with Gasteiger partial charge in [0.15, 0.2) is 9.79 Å². The number of hydrogen-bond donors (Lipinski definition) is 0. The molecule has 8 rings (SSSR count). The van der Waals surface area contributed by atoms with Crippen molar-refractivity contribution in [1.29, 1.82) is 0 Å². The number of fused-ring (bicyclic) bond motifs is 8. The average Bonchev–Trinajstić information content (AvgIpc) is 3.39. The van der Waals surface area contributed by atoms with Gasteiger partial charge in [-0.2, -0.15) is 0 Å². The molecule has 7 aromatic carbocycles. The molecule has 0 saturated heterocycles. The van der Waals surface area contributed by atoms with Crippen LogP contribution in [0.15, 0.2) is 148 Å². The van der Waals surface area contributed by atoms with Crippen LogP contribution in [0.3, 0.4) is 0 Å². The van der Waals surface area contributed by atoms with E-state index in [0.29, 0.717) is 0 Å². The van der Waals surface area contributed by atoms with Crippen LogP contribution in [0.4, 0.5) is 0 Å². The third-order valence-electron chi connectivity index (χ3n) is 7.66. The second kappa shape index (κ2) is 8.74. The van der Waals surface area contributed by atoms with Gasteiger partial charge < -0.3 is 8.97 Å². The molecule has 8 aromatic rings. The SMILES string of the molecule is [O-][S+](c1ccccc1)c1ccc2cc(-c3cc4oc5ccc6ccccc6c5c4c4ccccc34)ccc2c1. The van der Waals surface area contributed by atoms with Crippen molar-refractivity contribution in [2.24, 2.45) is 0 Å². The second-order valence-corrected chi connectivity index (χ2v) is 11.4. The third-order valence-corrected chi connectivity index (χ3v) is 9.05. The van der Waals surface area contributed by atoms with E-state index >= 15 is 0 Å². The van der Waals surface area contributed by atoms with Gasteiger partial charge in [0, 0.05) is 28.0 Å². The predicted octanol–water partition coefficient (Wildman–Crippen LogP) is 9.88. The zero-order valence-electron chi connectivity index (χ0n) is 20.9. The third kappa shape index (κ3) is 3.55. The molecule has 0 spiro atoms. The molecule has 1 atom stereocenters. The largest absolute Gasteiger partial charge is 0.606 e. The van der Waals surface area contributed by atoms with Gasteiger partial charge in [0.2, 0.25) is 0 Å². The minimum Gasteiger partial charge on any atom is -0.606 e. The minimum absolute atomic E-state index is 0.808. The molecule has 0 aliphatic carbocycles. The molecule has 1 unspecified atom stereocenters. The first-order chi connectivity index (χ1) is 19.2. The Hall–Kier alpha value is -4.57. The van der Waals surface area contributed by atoms with Crippen LogP contribution < -0.4 is 0 Å². The highest BCUT2D eigenvalue weighted by Crippen LogP contribution is 2.42. The summed E-state index contributed by atoms with van der Waals surface area (Å²) in [6.45, 7) is 0. The number of furan rings is 1. The molecular formula is C36H22O2S. The molecule has 0 fully saturated rings. The molecule has 0 saturated carbocycles. The van der Waals surface area contributed by atoms with Gasteiger partial charge in [-0.3, -0.25) is 0 Å². The van der Waals surface area contributed by atoms with Crippen molar-refractivity contribution in [1.82, 2.24) is 0 Å². The van der Waals surface area contributed by atoms with Crippen molar-refractivity contribution in [3.8, 4) is 11.1 Å². The van der Waals surface area contributed by atoms with Gasteiger partial charge in [-0.25, -0.2) is 0 Å². The Labute approximate surface area is 228 Å². The van der Waals surface area contributed by atoms with Crippen LogP contribution in [0.5, 0.6) is 0 Å². The molecule has 0 aliphatic heterocycles. The van der Waals surface area contributed by atoms with Crippen molar-refractivity contribution in [3.63, 3.8) is 0 Å². The fraction of sp³-hybridized carbons (Fsp3) is 0. The van der Waals surface area contributed by atoms with Crippen molar-refractivity contribution in [2.75, 3.05) is 0 Å². The fourth-order valence-corrected chi connectivity index (χ4v) is 6.93. The summed E-state index contributed by atoms with van der Waals surface area (Å²) in [6, 6.07) is 45.7. The normalized spacial score (nSPS) is 12.6. The van der Waals surface area contributed by atoms with Crippen LogP contribution in [-0.2, 0) is 11.2 Å². The van der Waals surface area contributed by atoms with E-state index in [4.69, 9.17) is 4.42 Å². The zero-order chi connectivity index (χ0) is 25.9. The van der Waals surface area contributed by atoms with E-state index in [1.165, 1.54) is 26.9 Å². The maximum absolute atomic E-state index is 13.1. The standard InChI is InChI=1S/C36H22O2S/c37-39(27-9-2-1-3-10-27)28-18-16-24-20-26(15-14-25(24)21-28)32-22-34-36(31-13-7-6-12-30(31)32)35-29-11-5-4-8-23(29)17-19-33(35)38-34/h1-22H. The summed E-state index contributed by atoms with van der Waals surface area (Å²) in [6.07, 6.45) is 0. The monoisotopic (exact) mass is 518 g/mol. The Morgan fingerprint density at radius 1 is 0.462 bits per heavy atom. The Bertz CT molecular complexity index is 2190. The van der Waals surface area contributed by atoms with E-state index in [9.17, 15) is 4.55 Å². The van der Waals surface area contributed by atoms with Gasteiger partial charge in [-0.05, 0) is 85.9 Å². The highest BCUT2D eigenvalue weighted by molar-refractivity contribution is 7.91. The van der Waals surface area contributed by atoms with Crippen molar-refractivity contribution in [3.05, 3.63) is 133 Å². The molecule has 1 heterocycles. The Morgan fingerprint density at radius 3 is 2.00 bits per heavy atom. The van der Waals surface area contributed by atoms with E-state index in [2.05, 4.69) is 91.0 Å². The highest BCUT2D eigenvalue weighted by atomic mass is 32.2. The summed E-state index contributed by atoms with van der Waals surface area (Å²) in [4.78, 5) is 1.62. The molecule has 3 heteroatoms. The molecule has 0 amide bonds. The maximum atomic E-state index is 13.1. The summed E-state index contributed by atoms with van der Waals surface area (Å²) in [5, 5.41) is 9.32. The second-order valence-electron chi connectivity index (χ2n) is 9.91. The van der Waals surface area contributed by atoms with Crippen molar-refractivity contribution in [2.45, 2.75) is 9.79 Å². The summed E-state index contributed by atoms with van der Waals surface area (Å²) < 4.78 is 19.6. The molecule has 0 radical (unpaired) electrons. The molecule has 39 heavy (non-hydrogen) atoms. The molecule has 0 aliphatic rings. The minimum atomic E-state index is -1.21. The van der Waals surface area contributed by atoms with E-state index in [1.54, 1.807) is 0 Å². The van der Waals surface area contributed by atoms with E-state index in [-0.39, 0.29) is 0 Å². The molecular weight excluding hydrogens is 496 g/mol. The summed E-state index contributed by atoms with van der Waals surface area (Å²) in [5.74, 6) is 0. The van der Waals surface area contributed by atoms with Crippen LogP contribution in [-0.4, -0.2) is 4.55 Å². The first-order valence-corrected chi connectivity index (χ1v) is 14.2. The Kier molecular flexibility index (Phi) is 5.02. The lowest BCUT2D eigenvalue weighted by Gasteiger charge is -2.12. The van der Waals surface area contributed by atoms with Crippen LogP contribution >= 0.6 is 0 Å². The lowest BCUT2D eigenvalue weighted by atomic mass is 9.93. The van der Waals surface area contributed by atoms with Crippen LogP contribution in [0, 0.1) is 0 Å². The van der Waals surface area contributed by atoms with Crippen LogP contribution in [0.25, 0.3) is 65.4 Å². The Morgan fingerprint density at radius 2 is 1.13 bits per heavy atom. The lowest BCUT2D eigenvalue weighted by molar-refractivity contribution is 0.595. The molecule has 184 valence electrons. The van der Waals surface area contributed by atoms with Crippen molar-refractivity contribution >= 4 is 65.4 Å². The molecule has 0 bridgehead atoms. The van der Waals surface area contributed by atoms with E-state index < -0.39 is 11.2 Å². The van der Waals surface area contributed by atoms with Gasteiger partial charge in [-0.1, -0.05) is 84.9 Å².